The molecule has 1 rings (SSSR count). The highest BCUT2D eigenvalue weighted by molar-refractivity contribution is 6.04. The number of nitrogen functional groups attached to an aromatic ring is 1. The summed E-state index contributed by atoms with van der Waals surface area (Å²) in [6.07, 6.45) is 0. The molecule has 0 saturated carbocycles. The maximum Gasteiger partial charge on any atom is 0.358 e. The molecule has 0 aliphatic carbocycles. The molecule has 0 spiro atoms. The van der Waals surface area contributed by atoms with Crippen molar-refractivity contribution in [1.29, 1.82) is 0 Å². The molecule has 0 radical (unpaired) electrons. The summed E-state index contributed by atoms with van der Waals surface area (Å²) >= 11 is 0. The number of aromatic nitrogens is 2. The van der Waals surface area contributed by atoms with E-state index in [1.165, 1.54) is 0 Å². The predicted octanol–water partition coefficient (Wildman–Crippen LogP) is 0.721. The van der Waals surface area contributed by atoms with Gasteiger partial charge in [0.1, 0.15) is 17.2 Å². The average Bonchev–Trinajstić information content (AvgIpc) is 2.28. The van der Waals surface area contributed by atoms with Gasteiger partial charge in [-0.05, 0) is 20.8 Å². The van der Waals surface area contributed by atoms with Crippen LogP contribution in [-0.2, 0) is 9.47 Å². The maximum absolute atomic E-state index is 11.7. The fourth-order valence-electron chi connectivity index (χ4n) is 1.35. The number of hydrogen-bond donors (Lipinski definition) is 1. The van der Waals surface area contributed by atoms with Crippen molar-refractivity contribution in [1.82, 2.24) is 9.97 Å². The lowest BCUT2D eigenvalue weighted by Gasteiger charge is -2.10. The van der Waals surface area contributed by atoms with Crippen molar-refractivity contribution in [2.75, 3.05) is 18.9 Å². The van der Waals surface area contributed by atoms with Crippen LogP contribution in [0.1, 0.15) is 40.5 Å². The zero-order valence-electron chi connectivity index (χ0n) is 10.5. The standard InChI is InChI=1S/C11H15N3O4/c1-4-17-10(15)7-8(11(16)18-5-2)13-6(3)14-9(7)12/h4-5H2,1-3H3,(H2,12,13,14). The van der Waals surface area contributed by atoms with Gasteiger partial charge in [0.15, 0.2) is 5.69 Å². The van der Waals surface area contributed by atoms with Crippen LogP contribution in [0.5, 0.6) is 0 Å². The van der Waals surface area contributed by atoms with Crippen LogP contribution in [0.3, 0.4) is 0 Å². The van der Waals surface area contributed by atoms with Gasteiger partial charge in [0, 0.05) is 0 Å². The van der Waals surface area contributed by atoms with Gasteiger partial charge in [0.05, 0.1) is 13.2 Å². The zero-order chi connectivity index (χ0) is 13.7. The highest BCUT2D eigenvalue weighted by atomic mass is 16.5. The second-order valence-electron chi connectivity index (χ2n) is 3.32. The Morgan fingerprint density at radius 3 is 2.22 bits per heavy atom. The Balaban J connectivity index is 3.29. The lowest BCUT2D eigenvalue weighted by atomic mass is 10.2. The van der Waals surface area contributed by atoms with Crippen molar-refractivity contribution in [2.45, 2.75) is 20.8 Å². The van der Waals surface area contributed by atoms with Gasteiger partial charge in [-0.3, -0.25) is 0 Å². The van der Waals surface area contributed by atoms with Gasteiger partial charge in [-0.1, -0.05) is 0 Å². The summed E-state index contributed by atoms with van der Waals surface area (Å²) in [6, 6.07) is 0. The number of nitrogens with zero attached hydrogens (tertiary/aromatic N) is 2. The van der Waals surface area contributed by atoms with E-state index in [4.69, 9.17) is 15.2 Å². The van der Waals surface area contributed by atoms with Crippen molar-refractivity contribution in [2.24, 2.45) is 0 Å². The topological polar surface area (TPSA) is 104 Å². The molecule has 0 fully saturated rings. The third-order valence-electron chi connectivity index (χ3n) is 2.00. The number of hydrogen-bond acceptors (Lipinski definition) is 7. The molecule has 0 bridgehead atoms. The van der Waals surface area contributed by atoms with Crippen LogP contribution in [0.4, 0.5) is 5.82 Å². The molecule has 7 heteroatoms. The Bertz CT molecular complexity index is 474. The van der Waals surface area contributed by atoms with Crippen molar-refractivity contribution >= 4 is 17.8 Å². The SMILES string of the molecule is CCOC(=O)c1nc(C)nc(N)c1C(=O)OCC. The highest BCUT2D eigenvalue weighted by Gasteiger charge is 2.25. The summed E-state index contributed by atoms with van der Waals surface area (Å²) in [5.74, 6) is -1.27. The Labute approximate surface area is 104 Å². The van der Waals surface area contributed by atoms with Crippen LogP contribution in [0.2, 0.25) is 0 Å². The van der Waals surface area contributed by atoms with E-state index in [1.54, 1.807) is 20.8 Å². The van der Waals surface area contributed by atoms with Crippen LogP contribution in [0.25, 0.3) is 0 Å². The highest BCUT2D eigenvalue weighted by Crippen LogP contribution is 2.16. The van der Waals surface area contributed by atoms with Gasteiger partial charge in [-0.25, -0.2) is 19.6 Å². The van der Waals surface area contributed by atoms with Crippen LogP contribution >= 0.6 is 0 Å². The Hall–Kier alpha value is -2.18. The third kappa shape index (κ3) is 2.93. The van der Waals surface area contributed by atoms with Crippen molar-refractivity contribution < 1.29 is 19.1 Å². The first-order valence-corrected chi connectivity index (χ1v) is 5.49. The fourth-order valence-corrected chi connectivity index (χ4v) is 1.35. The minimum atomic E-state index is -0.738. The van der Waals surface area contributed by atoms with Gasteiger partial charge in [-0.15, -0.1) is 0 Å². The summed E-state index contributed by atoms with van der Waals surface area (Å²) < 4.78 is 9.63. The molecule has 7 nitrogen and oxygen atoms in total. The molecule has 0 saturated heterocycles. The molecule has 0 unspecified atom stereocenters. The molecule has 2 N–H and O–H groups in total. The number of aryl methyl sites for hydroxylation is 1. The first kappa shape index (κ1) is 13.9. The molecule has 98 valence electrons. The van der Waals surface area contributed by atoms with E-state index in [0.717, 1.165) is 0 Å². The Morgan fingerprint density at radius 2 is 1.67 bits per heavy atom. The van der Waals surface area contributed by atoms with Gasteiger partial charge in [0.25, 0.3) is 0 Å². The average molecular weight is 253 g/mol. The number of nitrogens with two attached hydrogens (primary N) is 1. The normalized spacial score (nSPS) is 9.94. The molecular weight excluding hydrogens is 238 g/mol. The summed E-state index contributed by atoms with van der Waals surface area (Å²) in [4.78, 5) is 31.1. The van der Waals surface area contributed by atoms with Crippen LogP contribution in [-0.4, -0.2) is 35.1 Å². The number of esters is 2. The fraction of sp³-hybridized carbons (Fsp3) is 0.455. The van der Waals surface area contributed by atoms with E-state index >= 15 is 0 Å². The lowest BCUT2D eigenvalue weighted by molar-refractivity contribution is 0.0473. The molecular formula is C11H15N3O4. The Morgan fingerprint density at radius 1 is 1.11 bits per heavy atom. The quantitative estimate of drug-likeness (QED) is 0.788. The van der Waals surface area contributed by atoms with Crippen molar-refractivity contribution in [3.63, 3.8) is 0 Å². The molecule has 1 aromatic rings. The number of carbonyl (C=O) groups excluding carboxylic acids is 2. The largest absolute Gasteiger partial charge is 0.462 e. The molecule has 0 amide bonds. The molecule has 0 aromatic carbocycles. The molecule has 0 aliphatic heterocycles. The van der Waals surface area contributed by atoms with E-state index in [9.17, 15) is 9.59 Å². The summed E-state index contributed by atoms with van der Waals surface area (Å²) in [7, 11) is 0. The number of carbonyl (C=O) groups is 2. The minimum absolute atomic E-state index is 0.0935. The lowest BCUT2D eigenvalue weighted by Crippen LogP contribution is -2.20. The Kier molecular flexibility index (Phi) is 4.59. The molecule has 1 aromatic heterocycles. The van der Waals surface area contributed by atoms with E-state index in [1.807, 2.05) is 0 Å². The first-order valence-electron chi connectivity index (χ1n) is 5.49. The number of ether oxygens (including phenoxy) is 2. The van der Waals surface area contributed by atoms with E-state index in [2.05, 4.69) is 9.97 Å². The zero-order valence-corrected chi connectivity index (χ0v) is 10.5. The molecule has 0 atom stereocenters. The van der Waals surface area contributed by atoms with E-state index in [-0.39, 0.29) is 36.1 Å². The van der Waals surface area contributed by atoms with E-state index in [0.29, 0.717) is 0 Å². The van der Waals surface area contributed by atoms with Crippen molar-refractivity contribution in [3.8, 4) is 0 Å². The number of rotatable bonds is 4. The molecule has 0 aliphatic rings. The van der Waals surface area contributed by atoms with Gasteiger partial charge in [0.2, 0.25) is 0 Å². The minimum Gasteiger partial charge on any atom is -0.462 e. The van der Waals surface area contributed by atoms with Gasteiger partial charge in [-0.2, -0.15) is 0 Å². The van der Waals surface area contributed by atoms with E-state index < -0.39 is 11.9 Å². The third-order valence-corrected chi connectivity index (χ3v) is 2.00. The van der Waals surface area contributed by atoms with Crippen LogP contribution < -0.4 is 5.73 Å². The maximum atomic E-state index is 11.7. The van der Waals surface area contributed by atoms with Crippen molar-refractivity contribution in [3.05, 3.63) is 17.1 Å². The smallest absolute Gasteiger partial charge is 0.358 e. The summed E-state index contributed by atoms with van der Waals surface area (Å²) in [5, 5.41) is 0. The molecule has 1 heterocycles. The predicted molar refractivity (Wildman–Crippen MR) is 63.1 cm³/mol. The monoisotopic (exact) mass is 253 g/mol. The van der Waals surface area contributed by atoms with Crippen LogP contribution in [0.15, 0.2) is 0 Å². The molecule has 18 heavy (non-hydrogen) atoms. The summed E-state index contributed by atoms with van der Waals surface area (Å²) in [5.41, 5.74) is 5.31. The van der Waals surface area contributed by atoms with Crippen LogP contribution in [0, 0.1) is 6.92 Å². The summed E-state index contributed by atoms with van der Waals surface area (Å²) in [6.45, 7) is 5.19. The van der Waals surface area contributed by atoms with Gasteiger partial charge < -0.3 is 15.2 Å². The number of anilines is 1. The second-order valence-corrected chi connectivity index (χ2v) is 3.32. The second kappa shape index (κ2) is 5.95. The first-order chi connectivity index (χ1) is 8.51. The van der Waals surface area contributed by atoms with Gasteiger partial charge >= 0.3 is 11.9 Å².